The monoisotopic (exact) mass is 370 g/mol. The quantitative estimate of drug-likeness (QED) is 0.859. The average molecular weight is 371 g/mol. The Bertz CT molecular complexity index is 802. The number of hydrogen-bond donors (Lipinski definition) is 2. The summed E-state index contributed by atoms with van der Waals surface area (Å²) < 4.78 is 37.0. The number of alkyl halides is 3. The molecular formula is C18H18ClF3N2O. The summed E-state index contributed by atoms with van der Waals surface area (Å²) in [5.74, 6) is -0.717. The van der Waals surface area contributed by atoms with Crippen molar-refractivity contribution in [2.45, 2.75) is 12.6 Å². The van der Waals surface area contributed by atoms with E-state index in [4.69, 9.17) is 0 Å². The van der Waals surface area contributed by atoms with Gasteiger partial charge in [-0.05, 0) is 40.9 Å². The lowest BCUT2D eigenvalue weighted by atomic mass is 9.94. The van der Waals surface area contributed by atoms with E-state index in [1.807, 2.05) is 23.5 Å². The Morgan fingerprint density at radius 2 is 1.84 bits per heavy atom. The molecule has 25 heavy (non-hydrogen) atoms. The number of rotatable bonds is 3. The first kappa shape index (κ1) is 19.3. The predicted molar refractivity (Wildman–Crippen MR) is 95.0 cm³/mol. The molecule has 0 bridgehead atoms. The van der Waals surface area contributed by atoms with Crippen molar-refractivity contribution in [2.24, 2.45) is 0 Å². The molecule has 0 spiro atoms. The van der Waals surface area contributed by atoms with E-state index in [1.54, 1.807) is 18.2 Å². The Morgan fingerprint density at radius 1 is 1.12 bits per heavy atom. The molecule has 1 amide bonds. The van der Waals surface area contributed by atoms with E-state index in [9.17, 15) is 18.0 Å². The van der Waals surface area contributed by atoms with Gasteiger partial charge in [-0.1, -0.05) is 36.4 Å². The fraction of sp³-hybridized carbons (Fsp3) is 0.278. The van der Waals surface area contributed by atoms with Crippen LogP contribution >= 0.6 is 12.4 Å². The second-order valence-electron chi connectivity index (χ2n) is 5.70. The zero-order valence-electron chi connectivity index (χ0n) is 13.3. The van der Waals surface area contributed by atoms with Gasteiger partial charge in [0.15, 0.2) is 0 Å². The highest BCUT2D eigenvalue weighted by atomic mass is 35.5. The van der Waals surface area contributed by atoms with Gasteiger partial charge in [-0.15, -0.1) is 12.4 Å². The first-order chi connectivity index (χ1) is 11.5. The van der Waals surface area contributed by atoms with Crippen molar-refractivity contribution in [1.29, 1.82) is 0 Å². The summed E-state index contributed by atoms with van der Waals surface area (Å²) in [4.78, 5) is 12.2. The van der Waals surface area contributed by atoms with Gasteiger partial charge in [0.1, 0.15) is 6.54 Å². The van der Waals surface area contributed by atoms with Gasteiger partial charge in [0, 0.05) is 12.1 Å². The van der Waals surface area contributed by atoms with Crippen molar-refractivity contribution in [3.63, 3.8) is 0 Å². The summed E-state index contributed by atoms with van der Waals surface area (Å²) in [6, 6.07) is 10.7. The van der Waals surface area contributed by atoms with Gasteiger partial charge in [0.25, 0.3) is 5.91 Å². The molecule has 0 radical (unpaired) electrons. The minimum Gasteiger partial charge on any atom is -0.343 e. The minimum atomic E-state index is -4.43. The molecule has 1 aliphatic rings. The molecule has 0 fully saturated rings. The molecule has 0 atom stereocenters. The third kappa shape index (κ3) is 4.52. The number of fused-ring (bicyclic) bond motifs is 1. The largest absolute Gasteiger partial charge is 0.405 e. The topological polar surface area (TPSA) is 41.1 Å². The number of carbonyl (C=O) groups excluding carboxylic acids is 1. The first-order valence-electron chi connectivity index (χ1n) is 7.72. The van der Waals surface area contributed by atoms with Gasteiger partial charge in [-0.25, -0.2) is 0 Å². The lowest BCUT2D eigenvalue weighted by molar-refractivity contribution is -0.123. The van der Waals surface area contributed by atoms with Crippen molar-refractivity contribution in [3.05, 3.63) is 53.6 Å². The fourth-order valence-electron chi connectivity index (χ4n) is 2.91. The smallest absolute Gasteiger partial charge is 0.343 e. The molecular weight excluding hydrogens is 353 g/mol. The number of carbonyl (C=O) groups is 1. The first-order valence-corrected chi connectivity index (χ1v) is 7.72. The predicted octanol–water partition coefficient (Wildman–Crippen LogP) is 3.93. The highest BCUT2D eigenvalue weighted by molar-refractivity contribution is 6.09. The van der Waals surface area contributed by atoms with Crippen LogP contribution in [0.15, 0.2) is 42.5 Å². The minimum absolute atomic E-state index is 0. The van der Waals surface area contributed by atoms with Crippen molar-refractivity contribution < 1.29 is 18.0 Å². The van der Waals surface area contributed by atoms with Crippen molar-refractivity contribution in [3.8, 4) is 0 Å². The van der Waals surface area contributed by atoms with Crippen molar-refractivity contribution in [2.75, 3.05) is 19.6 Å². The molecule has 3 rings (SSSR count). The molecule has 1 heterocycles. The maximum Gasteiger partial charge on any atom is 0.405 e. The Balaban J connectivity index is 0.00000225. The van der Waals surface area contributed by atoms with Crippen molar-refractivity contribution >= 4 is 34.7 Å². The summed E-state index contributed by atoms with van der Waals surface area (Å²) in [5, 5.41) is 6.76. The highest BCUT2D eigenvalue weighted by Gasteiger charge is 2.28. The van der Waals surface area contributed by atoms with Crippen LogP contribution in [0.4, 0.5) is 13.2 Å². The SMILES string of the molecule is Cl.O=C(NCC(F)(F)F)c1cccc2c(C3=CCCNC3)cccc12. The van der Waals surface area contributed by atoms with Gasteiger partial charge in [0.05, 0.1) is 0 Å². The number of benzene rings is 2. The van der Waals surface area contributed by atoms with Crippen LogP contribution in [0.1, 0.15) is 22.3 Å². The van der Waals surface area contributed by atoms with Gasteiger partial charge < -0.3 is 10.6 Å². The lowest BCUT2D eigenvalue weighted by Crippen LogP contribution is -2.33. The van der Waals surface area contributed by atoms with E-state index in [0.717, 1.165) is 36.0 Å². The Hall–Kier alpha value is -2.05. The van der Waals surface area contributed by atoms with Gasteiger partial charge in [-0.3, -0.25) is 4.79 Å². The van der Waals surface area contributed by atoms with Crippen LogP contribution in [0.2, 0.25) is 0 Å². The van der Waals surface area contributed by atoms with Gasteiger partial charge in [-0.2, -0.15) is 13.2 Å². The molecule has 3 nitrogen and oxygen atoms in total. The molecule has 0 aliphatic carbocycles. The van der Waals surface area contributed by atoms with Crippen LogP contribution in [-0.2, 0) is 0 Å². The van der Waals surface area contributed by atoms with Crippen molar-refractivity contribution in [1.82, 2.24) is 10.6 Å². The second-order valence-corrected chi connectivity index (χ2v) is 5.70. The fourth-order valence-corrected chi connectivity index (χ4v) is 2.91. The maximum absolute atomic E-state index is 12.3. The van der Waals surface area contributed by atoms with Gasteiger partial charge >= 0.3 is 6.18 Å². The third-order valence-corrected chi connectivity index (χ3v) is 3.99. The molecule has 2 aromatic rings. The van der Waals surface area contributed by atoms with Crippen LogP contribution in [0.3, 0.4) is 0 Å². The van der Waals surface area contributed by atoms with Crippen LogP contribution in [0.25, 0.3) is 16.3 Å². The summed E-state index contributed by atoms with van der Waals surface area (Å²) in [6.45, 7) is 0.333. The number of halogens is 4. The van der Waals surface area contributed by atoms with E-state index in [2.05, 4.69) is 11.4 Å². The molecule has 0 aromatic heterocycles. The zero-order chi connectivity index (χ0) is 17.2. The van der Waals surface area contributed by atoms with E-state index >= 15 is 0 Å². The van der Waals surface area contributed by atoms with E-state index in [-0.39, 0.29) is 18.0 Å². The molecule has 7 heteroatoms. The zero-order valence-corrected chi connectivity index (χ0v) is 14.1. The summed E-state index contributed by atoms with van der Waals surface area (Å²) in [6.07, 6.45) is -1.34. The number of nitrogens with one attached hydrogen (secondary N) is 2. The van der Waals surface area contributed by atoms with E-state index in [1.165, 1.54) is 0 Å². The molecule has 0 unspecified atom stereocenters. The average Bonchev–Trinajstić information content (AvgIpc) is 2.58. The van der Waals surface area contributed by atoms with E-state index < -0.39 is 18.6 Å². The second kappa shape index (κ2) is 7.89. The third-order valence-electron chi connectivity index (χ3n) is 3.99. The van der Waals surface area contributed by atoms with Crippen LogP contribution < -0.4 is 10.6 Å². The number of hydrogen-bond acceptors (Lipinski definition) is 2. The molecule has 0 saturated carbocycles. The summed E-state index contributed by atoms with van der Waals surface area (Å²) >= 11 is 0. The molecule has 2 aromatic carbocycles. The molecule has 1 aliphatic heterocycles. The normalized spacial score (nSPS) is 14.6. The molecule has 2 N–H and O–H groups in total. The highest BCUT2D eigenvalue weighted by Crippen LogP contribution is 2.28. The summed E-state index contributed by atoms with van der Waals surface area (Å²) in [7, 11) is 0. The van der Waals surface area contributed by atoms with E-state index in [0.29, 0.717) is 5.39 Å². The Morgan fingerprint density at radius 3 is 2.52 bits per heavy atom. The Kier molecular flexibility index (Phi) is 6.08. The summed E-state index contributed by atoms with van der Waals surface area (Å²) in [5.41, 5.74) is 2.40. The van der Waals surface area contributed by atoms with Crippen LogP contribution in [0, 0.1) is 0 Å². The van der Waals surface area contributed by atoms with Crippen LogP contribution in [0.5, 0.6) is 0 Å². The lowest BCUT2D eigenvalue weighted by Gasteiger charge is -2.17. The Labute approximate surface area is 149 Å². The number of amides is 1. The van der Waals surface area contributed by atoms with Gasteiger partial charge in [0.2, 0.25) is 0 Å². The standard InChI is InChI=1S/C18H17F3N2O.ClH/c19-18(20,21)11-23-17(24)16-8-2-6-14-13(5-1-7-15(14)16)12-4-3-9-22-10-12;/h1-2,4-8,22H,3,9-11H2,(H,23,24);1H. The molecule has 0 saturated heterocycles. The molecule has 134 valence electrons. The van der Waals surface area contributed by atoms with Crippen LogP contribution in [-0.4, -0.2) is 31.7 Å². The maximum atomic E-state index is 12.3.